The number of likely N-dealkylation sites (tertiary alicyclic amines) is 1. The van der Waals surface area contributed by atoms with E-state index in [-0.39, 0.29) is 17.4 Å². The molecule has 0 bridgehead atoms. The molecule has 11 nitrogen and oxygen atoms in total. The molecule has 0 aliphatic carbocycles. The zero-order chi connectivity index (χ0) is 25.7. The number of aromatic nitrogens is 5. The molecule has 2 aliphatic rings. The van der Waals surface area contributed by atoms with Crippen molar-refractivity contribution in [3.8, 4) is 16.9 Å². The predicted molar refractivity (Wildman–Crippen MR) is 136 cm³/mol. The molecule has 37 heavy (non-hydrogen) atoms. The third kappa shape index (κ3) is 3.78. The number of nitrogens with zero attached hydrogens (tertiary/aromatic N) is 5. The summed E-state index contributed by atoms with van der Waals surface area (Å²) in [5.74, 6) is 0.637. The fraction of sp³-hybridized carbons (Fsp3) is 0.346. The summed E-state index contributed by atoms with van der Waals surface area (Å²) in [6.07, 6.45) is 7.11. The smallest absolute Gasteiger partial charge is 0.266 e. The molecule has 2 N–H and O–H groups in total. The Labute approximate surface area is 212 Å². The van der Waals surface area contributed by atoms with Crippen molar-refractivity contribution in [2.45, 2.75) is 26.2 Å². The summed E-state index contributed by atoms with van der Waals surface area (Å²) in [4.78, 5) is 46.6. The van der Waals surface area contributed by atoms with E-state index in [1.807, 2.05) is 23.1 Å². The normalized spacial score (nSPS) is 17.2. The number of aromatic amines is 2. The number of nitrogens with one attached hydrogen (secondary N) is 2. The van der Waals surface area contributed by atoms with Crippen molar-refractivity contribution in [2.75, 3.05) is 31.6 Å². The molecule has 2 saturated heterocycles. The second kappa shape index (κ2) is 8.61. The van der Waals surface area contributed by atoms with Gasteiger partial charge in [0.1, 0.15) is 5.75 Å². The van der Waals surface area contributed by atoms with Gasteiger partial charge in [-0.2, -0.15) is 5.10 Å². The number of methoxy groups -OCH3 is 1. The molecule has 190 valence electrons. The van der Waals surface area contributed by atoms with Gasteiger partial charge in [0.25, 0.3) is 11.5 Å². The monoisotopic (exact) mass is 501 g/mol. The van der Waals surface area contributed by atoms with E-state index in [1.165, 1.54) is 10.6 Å². The first-order valence-corrected chi connectivity index (χ1v) is 12.3. The standard InChI is InChI=1S/C26H27N7O4/c1-16-20(15-33-22(29-16)12-23(34)30-33)24(35)31-8-5-26(6-9-31)7-10-32(25(26)36)18-3-4-19(21(11-18)37-2)17-13-27-28-14-17/h3-4,11-15H,5-10H2,1-2H3,(H,27,28)(H,30,34). The highest BCUT2D eigenvalue weighted by Gasteiger charge is 2.49. The molecule has 2 aliphatic heterocycles. The molecule has 3 aromatic heterocycles. The van der Waals surface area contributed by atoms with Crippen LogP contribution in [0.3, 0.4) is 0 Å². The summed E-state index contributed by atoms with van der Waals surface area (Å²) in [6.45, 7) is 3.37. The molecule has 1 aromatic carbocycles. The van der Waals surface area contributed by atoms with Crippen molar-refractivity contribution >= 4 is 23.1 Å². The second-order valence-corrected chi connectivity index (χ2v) is 9.74. The van der Waals surface area contributed by atoms with Gasteiger partial charge in [-0.05, 0) is 38.3 Å². The van der Waals surface area contributed by atoms with Crippen LogP contribution in [0.4, 0.5) is 5.69 Å². The van der Waals surface area contributed by atoms with E-state index >= 15 is 0 Å². The second-order valence-electron chi connectivity index (χ2n) is 9.74. The molecule has 0 unspecified atom stereocenters. The maximum Gasteiger partial charge on any atom is 0.266 e. The number of rotatable bonds is 4. The fourth-order valence-corrected chi connectivity index (χ4v) is 5.57. The summed E-state index contributed by atoms with van der Waals surface area (Å²) in [5, 5.41) is 9.45. The Bertz CT molecular complexity index is 1560. The van der Waals surface area contributed by atoms with Crippen molar-refractivity contribution < 1.29 is 14.3 Å². The lowest BCUT2D eigenvalue weighted by Crippen LogP contribution is -2.47. The number of anilines is 1. The highest BCUT2D eigenvalue weighted by Crippen LogP contribution is 2.44. The minimum atomic E-state index is -0.476. The van der Waals surface area contributed by atoms with Gasteiger partial charge < -0.3 is 14.5 Å². The molecule has 4 aromatic rings. The van der Waals surface area contributed by atoms with Crippen LogP contribution in [-0.4, -0.2) is 68.3 Å². The lowest BCUT2D eigenvalue weighted by atomic mass is 9.77. The summed E-state index contributed by atoms with van der Waals surface area (Å²) < 4.78 is 7.08. The van der Waals surface area contributed by atoms with Crippen molar-refractivity contribution in [3.63, 3.8) is 0 Å². The number of benzene rings is 1. The third-order valence-corrected chi connectivity index (χ3v) is 7.72. The topological polar surface area (TPSA) is 129 Å². The first-order chi connectivity index (χ1) is 17.9. The molecule has 2 amide bonds. The quantitative estimate of drug-likeness (QED) is 0.442. The molecule has 11 heteroatoms. The largest absolute Gasteiger partial charge is 0.496 e. The highest BCUT2D eigenvalue weighted by molar-refractivity contribution is 6.01. The average molecular weight is 502 g/mol. The van der Waals surface area contributed by atoms with E-state index in [4.69, 9.17) is 4.74 Å². The molecule has 5 heterocycles. The Morgan fingerprint density at radius 3 is 2.62 bits per heavy atom. The SMILES string of the molecule is COc1cc(N2CCC3(CCN(C(=O)c4cn5[nH]c(=O)cc5nc4C)CC3)C2=O)ccc1-c1cn[nH]c1. The lowest BCUT2D eigenvalue weighted by Gasteiger charge is -2.38. The van der Waals surface area contributed by atoms with Gasteiger partial charge in [-0.1, -0.05) is 0 Å². The van der Waals surface area contributed by atoms with E-state index in [2.05, 4.69) is 20.3 Å². The van der Waals surface area contributed by atoms with Crippen LogP contribution < -0.4 is 15.2 Å². The Balaban J connectivity index is 1.18. The van der Waals surface area contributed by atoms with E-state index in [0.29, 0.717) is 55.1 Å². The van der Waals surface area contributed by atoms with Crippen LogP contribution in [0.5, 0.6) is 5.75 Å². The van der Waals surface area contributed by atoms with Crippen LogP contribution in [0.1, 0.15) is 35.3 Å². The van der Waals surface area contributed by atoms with Gasteiger partial charge in [0.2, 0.25) is 5.91 Å². The van der Waals surface area contributed by atoms with Crippen LogP contribution in [-0.2, 0) is 4.79 Å². The summed E-state index contributed by atoms with van der Waals surface area (Å²) in [7, 11) is 1.62. The molecule has 0 radical (unpaired) electrons. The first-order valence-electron chi connectivity index (χ1n) is 12.3. The van der Waals surface area contributed by atoms with Gasteiger partial charge in [0.15, 0.2) is 5.65 Å². The zero-order valence-corrected chi connectivity index (χ0v) is 20.7. The molecule has 0 atom stereocenters. The fourth-order valence-electron chi connectivity index (χ4n) is 5.57. The van der Waals surface area contributed by atoms with Crippen LogP contribution in [0.2, 0.25) is 0 Å². The van der Waals surface area contributed by atoms with Crippen LogP contribution in [0, 0.1) is 12.3 Å². The predicted octanol–water partition coefficient (Wildman–Crippen LogP) is 2.39. The van der Waals surface area contributed by atoms with Gasteiger partial charge in [0.05, 0.1) is 30.0 Å². The van der Waals surface area contributed by atoms with Gasteiger partial charge in [-0.15, -0.1) is 0 Å². The molecule has 2 fully saturated rings. The van der Waals surface area contributed by atoms with Crippen molar-refractivity contribution in [1.82, 2.24) is 29.7 Å². The maximum atomic E-state index is 13.7. The lowest BCUT2D eigenvalue weighted by molar-refractivity contribution is -0.127. The summed E-state index contributed by atoms with van der Waals surface area (Å²) >= 11 is 0. The Kier molecular flexibility index (Phi) is 5.36. The number of piperidine rings is 1. The number of aryl methyl sites for hydroxylation is 1. The summed E-state index contributed by atoms with van der Waals surface area (Å²) in [6, 6.07) is 7.18. The first kappa shape index (κ1) is 23.0. The molecule has 0 saturated carbocycles. The van der Waals surface area contributed by atoms with Gasteiger partial charge in [-0.3, -0.25) is 24.6 Å². The van der Waals surface area contributed by atoms with Crippen molar-refractivity contribution in [3.05, 3.63) is 64.5 Å². The van der Waals surface area contributed by atoms with Gasteiger partial charge >= 0.3 is 0 Å². The number of fused-ring (bicyclic) bond motifs is 1. The number of H-pyrrole nitrogens is 2. The van der Waals surface area contributed by atoms with E-state index in [1.54, 1.807) is 37.5 Å². The van der Waals surface area contributed by atoms with E-state index < -0.39 is 5.41 Å². The van der Waals surface area contributed by atoms with Gasteiger partial charge in [-0.25, -0.2) is 9.50 Å². The van der Waals surface area contributed by atoms with Crippen molar-refractivity contribution in [2.24, 2.45) is 5.41 Å². The van der Waals surface area contributed by atoms with Crippen LogP contribution >= 0.6 is 0 Å². The molecule has 6 rings (SSSR count). The third-order valence-electron chi connectivity index (χ3n) is 7.72. The number of carbonyl (C=O) groups is 2. The minimum Gasteiger partial charge on any atom is -0.496 e. The Morgan fingerprint density at radius 1 is 1.11 bits per heavy atom. The van der Waals surface area contributed by atoms with Crippen molar-refractivity contribution in [1.29, 1.82) is 0 Å². The molecular formula is C26H27N7O4. The molecular weight excluding hydrogens is 474 g/mol. The number of amides is 2. The zero-order valence-electron chi connectivity index (χ0n) is 20.7. The van der Waals surface area contributed by atoms with Crippen LogP contribution in [0.25, 0.3) is 16.8 Å². The number of hydrogen-bond donors (Lipinski definition) is 2. The summed E-state index contributed by atoms with van der Waals surface area (Å²) in [5.41, 5.74) is 3.37. The number of ether oxygens (including phenoxy) is 1. The number of carbonyl (C=O) groups excluding carboxylic acids is 2. The molecule has 1 spiro atoms. The Morgan fingerprint density at radius 2 is 1.89 bits per heavy atom. The minimum absolute atomic E-state index is 0.0990. The Hall–Kier alpha value is -4.41. The van der Waals surface area contributed by atoms with Gasteiger partial charge in [0, 0.05) is 61.0 Å². The van der Waals surface area contributed by atoms with E-state index in [0.717, 1.165) is 23.2 Å². The number of hydrogen-bond acceptors (Lipinski definition) is 6. The highest BCUT2D eigenvalue weighted by atomic mass is 16.5. The maximum absolute atomic E-state index is 13.7. The van der Waals surface area contributed by atoms with Crippen LogP contribution in [0.15, 0.2) is 47.7 Å². The average Bonchev–Trinajstić information content (AvgIpc) is 3.63. The van der Waals surface area contributed by atoms with E-state index in [9.17, 15) is 14.4 Å².